The minimum absolute atomic E-state index is 0.0234. The van der Waals surface area contributed by atoms with Crippen molar-refractivity contribution in [2.24, 2.45) is 5.92 Å². The Balaban J connectivity index is 2.05. The van der Waals surface area contributed by atoms with Crippen molar-refractivity contribution in [3.05, 3.63) is 0 Å². The predicted octanol–water partition coefficient (Wildman–Crippen LogP) is 2.47. The lowest BCUT2D eigenvalue weighted by Crippen LogP contribution is -2.65. The van der Waals surface area contributed by atoms with Crippen LogP contribution in [0.4, 0.5) is 0 Å². The summed E-state index contributed by atoms with van der Waals surface area (Å²) in [7, 11) is 0. The summed E-state index contributed by atoms with van der Waals surface area (Å²) in [5, 5.41) is 2.80. The summed E-state index contributed by atoms with van der Waals surface area (Å²) < 4.78 is 0. The summed E-state index contributed by atoms with van der Waals surface area (Å²) >= 11 is 0. The number of carbonyl (C=O) groups excluding carboxylic acids is 2. The van der Waals surface area contributed by atoms with E-state index in [1.165, 1.54) is 25.7 Å². The molecule has 114 valence electrons. The molecule has 0 radical (unpaired) electrons. The Morgan fingerprint density at radius 2 is 1.80 bits per heavy atom. The Morgan fingerprint density at radius 3 is 2.35 bits per heavy atom. The molecule has 1 heterocycles. The zero-order valence-corrected chi connectivity index (χ0v) is 13.0. The van der Waals surface area contributed by atoms with Gasteiger partial charge in [0.25, 0.3) is 0 Å². The molecule has 2 unspecified atom stereocenters. The van der Waals surface area contributed by atoms with E-state index >= 15 is 0 Å². The number of nitrogens with zero attached hydrogens (tertiary/aromatic N) is 1. The van der Waals surface area contributed by atoms with Crippen LogP contribution in [0.15, 0.2) is 0 Å². The average molecular weight is 280 g/mol. The molecular formula is C16H28N2O2. The quantitative estimate of drug-likeness (QED) is 0.860. The maximum absolute atomic E-state index is 12.5. The van der Waals surface area contributed by atoms with E-state index in [0.717, 1.165) is 18.8 Å². The maximum Gasteiger partial charge on any atom is 0.245 e. The molecule has 0 aromatic rings. The van der Waals surface area contributed by atoms with Gasteiger partial charge in [-0.2, -0.15) is 0 Å². The van der Waals surface area contributed by atoms with Crippen LogP contribution in [0.1, 0.15) is 65.7 Å². The highest BCUT2D eigenvalue weighted by molar-refractivity contribution is 5.96. The van der Waals surface area contributed by atoms with Gasteiger partial charge in [0.1, 0.15) is 12.1 Å². The van der Waals surface area contributed by atoms with Crippen LogP contribution in [0, 0.1) is 5.92 Å². The second-order valence-electron chi connectivity index (χ2n) is 6.36. The van der Waals surface area contributed by atoms with Crippen LogP contribution in [0.3, 0.4) is 0 Å². The van der Waals surface area contributed by atoms with E-state index in [2.05, 4.69) is 12.2 Å². The fraction of sp³-hybridized carbons (Fsp3) is 0.875. The molecule has 2 rings (SSSR count). The van der Waals surface area contributed by atoms with Crippen LogP contribution in [0.5, 0.6) is 0 Å². The zero-order chi connectivity index (χ0) is 14.7. The molecule has 2 atom stereocenters. The number of amides is 2. The Hall–Kier alpha value is -1.06. The van der Waals surface area contributed by atoms with Gasteiger partial charge in [0.2, 0.25) is 11.8 Å². The topological polar surface area (TPSA) is 49.4 Å². The van der Waals surface area contributed by atoms with Crippen molar-refractivity contribution in [1.29, 1.82) is 0 Å². The van der Waals surface area contributed by atoms with Crippen LogP contribution in [-0.4, -0.2) is 34.8 Å². The second-order valence-corrected chi connectivity index (χ2v) is 6.36. The first-order chi connectivity index (χ1) is 9.58. The van der Waals surface area contributed by atoms with Gasteiger partial charge in [0.15, 0.2) is 0 Å². The van der Waals surface area contributed by atoms with Gasteiger partial charge in [-0.25, -0.2) is 0 Å². The van der Waals surface area contributed by atoms with Gasteiger partial charge in [0, 0.05) is 6.04 Å². The summed E-state index contributed by atoms with van der Waals surface area (Å²) in [6.45, 7) is 6.02. The van der Waals surface area contributed by atoms with Crippen LogP contribution in [0.2, 0.25) is 0 Å². The lowest BCUT2D eigenvalue weighted by Gasteiger charge is -2.44. The van der Waals surface area contributed by atoms with Gasteiger partial charge < -0.3 is 10.2 Å². The normalized spacial score (nSPS) is 35.0. The number of hydrogen-bond donors (Lipinski definition) is 1. The molecule has 1 saturated heterocycles. The fourth-order valence-corrected chi connectivity index (χ4v) is 3.81. The van der Waals surface area contributed by atoms with E-state index in [0.29, 0.717) is 6.42 Å². The van der Waals surface area contributed by atoms with Crippen molar-refractivity contribution < 1.29 is 9.59 Å². The molecule has 0 aromatic heterocycles. The van der Waals surface area contributed by atoms with E-state index < -0.39 is 0 Å². The Kier molecular flexibility index (Phi) is 5.06. The van der Waals surface area contributed by atoms with Crippen molar-refractivity contribution in [1.82, 2.24) is 10.2 Å². The van der Waals surface area contributed by atoms with Crippen molar-refractivity contribution >= 4 is 11.8 Å². The van der Waals surface area contributed by atoms with Crippen molar-refractivity contribution in [3.63, 3.8) is 0 Å². The van der Waals surface area contributed by atoms with Crippen LogP contribution < -0.4 is 5.32 Å². The molecule has 1 aliphatic carbocycles. The summed E-state index contributed by atoms with van der Waals surface area (Å²) in [4.78, 5) is 26.5. The molecule has 20 heavy (non-hydrogen) atoms. The van der Waals surface area contributed by atoms with Crippen LogP contribution in [-0.2, 0) is 9.59 Å². The number of carbonyl (C=O) groups is 2. The molecule has 1 N–H and O–H groups in total. The van der Waals surface area contributed by atoms with E-state index in [4.69, 9.17) is 0 Å². The highest BCUT2D eigenvalue weighted by Gasteiger charge is 2.41. The summed E-state index contributed by atoms with van der Waals surface area (Å²) in [5.74, 6) is 0.952. The average Bonchev–Trinajstić information content (AvgIpc) is 2.44. The first-order valence-corrected chi connectivity index (χ1v) is 8.21. The third-order valence-electron chi connectivity index (χ3n) is 4.92. The van der Waals surface area contributed by atoms with Crippen LogP contribution in [0.25, 0.3) is 0 Å². The maximum atomic E-state index is 12.5. The standard InChI is InChI=1S/C16H28N2O2/c1-4-6-12-7-9-13(10-8-12)18-14(5-2)15(19)17-11(3)16(18)20/h11-14H,4-10H2,1-3H3,(H,17,19). The largest absolute Gasteiger partial charge is 0.343 e. The fourth-order valence-electron chi connectivity index (χ4n) is 3.81. The molecule has 1 aliphatic heterocycles. The van der Waals surface area contributed by atoms with E-state index in [-0.39, 0.29) is 29.9 Å². The van der Waals surface area contributed by atoms with Crippen molar-refractivity contribution in [2.75, 3.05) is 0 Å². The highest BCUT2D eigenvalue weighted by Crippen LogP contribution is 2.32. The Bertz CT molecular complexity index is 361. The van der Waals surface area contributed by atoms with Gasteiger partial charge in [-0.3, -0.25) is 9.59 Å². The number of nitrogens with one attached hydrogen (secondary N) is 1. The molecule has 4 nitrogen and oxygen atoms in total. The van der Waals surface area contributed by atoms with Gasteiger partial charge in [-0.15, -0.1) is 0 Å². The summed E-state index contributed by atoms with van der Waals surface area (Å²) in [5.41, 5.74) is 0. The summed E-state index contributed by atoms with van der Waals surface area (Å²) in [6, 6.07) is -0.348. The first-order valence-electron chi connectivity index (χ1n) is 8.21. The predicted molar refractivity (Wildman–Crippen MR) is 79.2 cm³/mol. The van der Waals surface area contributed by atoms with Gasteiger partial charge in [-0.05, 0) is 44.9 Å². The molecule has 2 aliphatic rings. The van der Waals surface area contributed by atoms with Gasteiger partial charge in [0.05, 0.1) is 0 Å². The van der Waals surface area contributed by atoms with E-state index in [1.807, 2.05) is 11.8 Å². The molecule has 2 fully saturated rings. The van der Waals surface area contributed by atoms with E-state index in [9.17, 15) is 9.59 Å². The molecule has 0 aromatic carbocycles. The van der Waals surface area contributed by atoms with Gasteiger partial charge in [-0.1, -0.05) is 26.7 Å². The SMILES string of the molecule is CCCC1CCC(N2C(=O)C(C)NC(=O)C2CC)CC1. The van der Waals surface area contributed by atoms with Crippen molar-refractivity contribution in [2.45, 2.75) is 83.8 Å². The van der Waals surface area contributed by atoms with Crippen molar-refractivity contribution in [3.8, 4) is 0 Å². The monoisotopic (exact) mass is 280 g/mol. The smallest absolute Gasteiger partial charge is 0.245 e. The second kappa shape index (κ2) is 6.59. The highest BCUT2D eigenvalue weighted by atomic mass is 16.2. The third kappa shape index (κ3) is 2.99. The lowest BCUT2D eigenvalue weighted by molar-refractivity contribution is -0.152. The molecular weight excluding hydrogens is 252 g/mol. The van der Waals surface area contributed by atoms with Crippen LogP contribution >= 0.6 is 0 Å². The van der Waals surface area contributed by atoms with Gasteiger partial charge >= 0.3 is 0 Å². The Morgan fingerprint density at radius 1 is 1.15 bits per heavy atom. The number of rotatable bonds is 4. The molecule has 2 amide bonds. The van der Waals surface area contributed by atoms with E-state index in [1.54, 1.807) is 6.92 Å². The number of hydrogen-bond acceptors (Lipinski definition) is 2. The molecule has 0 spiro atoms. The molecule has 4 heteroatoms. The minimum atomic E-state index is -0.362. The lowest BCUT2D eigenvalue weighted by atomic mass is 9.82. The molecule has 0 bridgehead atoms. The third-order valence-corrected chi connectivity index (χ3v) is 4.92. The zero-order valence-electron chi connectivity index (χ0n) is 13.0. The Labute approximate surface area is 122 Å². The first kappa shape index (κ1) is 15.3. The minimum Gasteiger partial charge on any atom is -0.343 e. The number of piperazine rings is 1. The molecule has 1 saturated carbocycles. The summed E-state index contributed by atoms with van der Waals surface area (Å²) in [6.07, 6.45) is 7.78.